The van der Waals surface area contributed by atoms with Gasteiger partial charge in [0.15, 0.2) is 0 Å². The van der Waals surface area contributed by atoms with Gasteiger partial charge in [-0.2, -0.15) is 12.6 Å². The van der Waals surface area contributed by atoms with Crippen LogP contribution in [0.15, 0.2) is 0 Å². The van der Waals surface area contributed by atoms with Crippen LogP contribution in [-0.2, 0) is 14.3 Å². The molecule has 1 saturated heterocycles. The number of esters is 1. The number of methoxy groups -OCH3 is 1. The maximum atomic E-state index is 11.8. The molecular weight excluding hydrogens is 276 g/mol. The molecule has 0 aromatic heterocycles. The predicted molar refractivity (Wildman–Crippen MR) is 67.8 cm³/mol. The highest BCUT2D eigenvalue weighted by Crippen LogP contribution is 2.35. The van der Waals surface area contributed by atoms with Crippen molar-refractivity contribution < 1.29 is 34.7 Å². The van der Waals surface area contributed by atoms with Gasteiger partial charge < -0.3 is 29.9 Å². The third-order valence-electron chi connectivity index (χ3n) is 3.44. The smallest absolute Gasteiger partial charge is 0.324 e. The third-order valence-corrected chi connectivity index (χ3v) is 4.19. The fourth-order valence-corrected chi connectivity index (χ4v) is 2.44. The van der Waals surface area contributed by atoms with Crippen LogP contribution in [0, 0.1) is 0 Å². The Morgan fingerprint density at radius 2 is 1.89 bits per heavy atom. The number of ether oxygens (including phenoxy) is 2. The fourth-order valence-electron chi connectivity index (χ4n) is 2.13. The molecule has 1 heterocycles. The number of carbonyl (C=O) groups is 1. The number of rotatable bonds is 4. The first-order valence-electron chi connectivity index (χ1n) is 5.94. The molecule has 7 nitrogen and oxygen atoms in total. The van der Waals surface area contributed by atoms with E-state index in [4.69, 9.17) is 9.84 Å². The standard InChI is InChI=1S/C11H20O7S/c1-3-11(19,10(16)17-2)9-8(15)7(14)6(13)5(4-12)18-9/h5-9,12-15,19H,3-4H2,1-2H3/t5-,6+,7+,8-,9-,11+/m1/s1. The first-order chi connectivity index (χ1) is 8.83. The first kappa shape index (κ1) is 16.7. The van der Waals surface area contributed by atoms with Crippen LogP contribution >= 0.6 is 12.6 Å². The highest BCUT2D eigenvalue weighted by atomic mass is 32.1. The van der Waals surface area contributed by atoms with E-state index in [9.17, 15) is 20.1 Å². The number of thiol groups is 1. The number of carbonyl (C=O) groups excluding carboxylic acids is 1. The molecule has 1 rings (SSSR count). The molecule has 0 amide bonds. The van der Waals surface area contributed by atoms with Crippen LogP contribution in [0.3, 0.4) is 0 Å². The van der Waals surface area contributed by atoms with E-state index in [1.807, 2.05) is 0 Å². The van der Waals surface area contributed by atoms with E-state index in [1.54, 1.807) is 6.92 Å². The summed E-state index contributed by atoms with van der Waals surface area (Å²) in [6.07, 6.45) is -6.64. The van der Waals surface area contributed by atoms with Gasteiger partial charge in [-0.3, -0.25) is 4.79 Å². The van der Waals surface area contributed by atoms with Crippen molar-refractivity contribution in [1.82, 2.24) is 0 Å². The van der Waals surface area contributed by atoms with Crippen LogP contribution in [0.5, 0.6) is 0 Å². The van der Waals surface area contributed by atoms with Crippen molar-refractivity contribution >= 4 is 18.6 Å². The molecule has 0 aliphatic carbocycles. The molecule has 6 atom stereocenters. The Morgan fingerprint density at radius 1 is 1.32 bits per heavy atom. The summed E-state index contributed by atoms with van der Waals surface area (Å²) >= 11 is 4.21. The highest BCUT2D eigenvalue weighted by molar-refractivity contribution is 7.82. The molecule has 0 aromatic rings. The van der Waals surface area contributed by atoms with Crippen LogP contribution in [0.1, 0.15) is 13.3 Å². The number of aliphatic hydroxyl groups is 4. The Labute approximate surface area is 116 Å². The Hall–Kier alpha value is -0.380. The van der Waals surface area contributed by atoms with Gasteiger partial charge in [0, 0.05) is 0 Å². The Balaban J connectivity index is 3.06. The first-order valence-corrected chi connectivity index (χ1v) is 6.39. The van der Waals surface area contributed by atoms with Gasteiger partial charge in [-0.25, -0.2) is 0 Å². The van der Waals surface area contributed by atoms with E-state index >= 15 is 0 Å². The Kier molecular flexibility index (Phi) is 5.60. The van der Waals surface area contributed by atoms with E-state index in [2.05, 4.69) is 17.4 Å². The minimum absolute atomic E-state index is 0.172. The Morgan fingerprint density at radius 3 is 2.32 bits per heavy atom. The molecule has 0 spiro atoms. The molecule has 0 saturated carbocycles. The molecule has 4 N–H and O–H groups in total. The lowest BCUT2D eigenvalue weighted by Gasteiger charge is -2.45. The zero-order valence-electron chi connectivity index (χ0n) is 10.8. The van der Waals surface area contributed by atoms with Gasteiger partial charge in [0.05, 0.1) is 13.7 Å². The summed E-state index contributed by atoms with van der Waals surface area (Å²) in [5.74, 6) is -0.720. The van der Waals surface area contributed by atoms with Crippen molar-refractivity contribution in [2.24, 2.45) is 0 Å². The maximum Gasteiger partial charge on any atom is 0.324 e. The van der Waals surface area contributed by atoms with E-state index in [0.717, 1.165) is 0 Å². The van der Waals surface area contributed by atoms with Crippen LogP contribution in [0.2, 0.25) is 0 Å². The highest BCUT2D eigenvalue weighted by Gasteiger charge is 2.54. The van der Waals surface area contributed by atoms with E-state index < -0.39 is 47.8 Å². The maximum absolute atomic E-state index is 11.8. The monoisotopic (exact) mass is 296 g/mol. The van der Waals surface area contributed by atoms with Crippen LogP contribution in [-0.4, -0.2) is 75.4 Å². The van der Waals surface area contributed by atoms with Gasteiger partial charge in [-0.15, -0.1) is 0 Å². The van der Waals surface area contributed by atoms with E-state index in [-0.39, 0.29) is 6.42 Å². The van der Waals surface area contributed by atoms with Crippen molar-refractivity contribution in [3.05, 3.63) is 0 Å². The molecular formula is C11H20O7S. The minimum Gasteiger partial charge on any atom is -0.468 e. The molecule has 1 aliphatic rings. The van der Waals surface area contributed by atoms with Gasteiger partial charge in [0.2, 0.25) is 0 Å². The zero-order valence-corrected chi connectivity index (χ0v) is 11.7. The Bertz CT molecular complexity index is 324. The summed E-state index contributed by atoms with van der Waals surface area (Å²) in [7, 11) is 1.17. The molecule has 0 unspecified atom stereocenters. The molecule has 8 heteroatoms. The minimum atomic E-state index is -1.54. The number of hydrogen-bond acceptors (Lipinski definition) is 8. The summed E-state index contributed by atoms with van der Waals surface area (Å²) in [5.41, 5.74) is 0. The second-order valence-corrected chi connectivity index (χ2v) is 5.32. The van der Waals surface area contributed by atoms with Gasteiger partial charge in [0.25, 0.3) is 0 Å². The fraction of sp³-hybridized carbons (Fsp3) is 0.909. The molecule has 19 heavy (non-hydrogen) atoms. The zero-order chi connectivity index (χ0) is 14.8. The van der Waals surface area contributed by atoms with Crippen LogP contribution < -0.4 is 0 Å². The van der Waals surface area contributed by atoms with Crippen molar-refractivity contribution in [2.75, 3.05) is 13.7 Å². The second-order valence-electron chi connectivity index (χ2n) is 4.52. The van der Waals surface area contributed by atoms with Crippen molar-refractivity contribution in [3.8, 4) is 0 Å². The number of aliphatic hydroxyl groups excluding tert-OH is 4. The third kappa shape index (κ3) is 2.88. The molecule has 0 aromatic carbocycles. The van der Waals surface area contributed by atoms with Crippen molar-refractivity contribution in [2.45, 2.75) is 48.6 Å². The van der Waals surface area contributed by atoms with Crippen molar-refractivity contribution in [3.63, 3.8) is 0 Å². The summed E-state index contributed by atoms with van der Waals surface area (Å²) in [4.78, 5) is 11.8. The van der Waals surface area contributed by atoms with Gasteiger partial charge in [-0.05, 0) is 6.42 Å². The summed E-state index contributed by atoms with van der Waals surface area (Å²) < 4.78 is 8.46. The van der Waals surface area contributed by atoms with Gasteiger partial charge in [0.1, 0.15) is 35.3 Å². The topological polar surface area (TPSA) is 116 Å². The lowest BCUT2D eigenvalue weighted by Crippen LogP contribution is -2.65. The quantitative estimate of drug-likeness (QED) is 0.303. The van der Waals surface area contributed by atoms with Gasteiger partial charge in [-0.1, -0.05) is 6.92 Å². The SMILES string of the molecule is CC[C@@](S)(C(=O)OC)[C@@H]1O[C@H](CO)[C@H](O)[C@H](O)[C@H]1O. The lowest BCUT2D eigenvalue weighted by molar-refractivity contribution is -0.238. The number of hydrogen-bond donors (Lipinski definition) is 5. The molecule has 1 fully saturated rings. The van der Waals surface area contributed by atoms with Crippen LogP contribution in [0.25, 0.3) is 0 Å². The normalized spacial score (nSPS) is 38.6. The molecule has 1 aliphatic heterocycles. The average Bonchev–Trinajstić information content (AvgIpc) is 2.43. The summed E-state index contributed by atoms with van der Waals surface area (Å²) in [6, 6.07) is 0. The van der Waals surface area contributed by atoms with E-state index in [1.165, 1.54) is 7.11 Å². The summed E-state index contributed by atoms with van der Waals surface area (Å²) in [5, 5.41) is 38.4. The molecule has 0 bridgehead atoms. The second kappa shape index (κ2) is 6.38. The molecule has 0 radical (unpaired) electrons. The largest absolute Gasteiger partial charge is 0.468 e. The van der Waals surface area contributed by atoms with Crippen LogP contribution in [0.4, 0.5) is 0 Å². The van der Waals surface area contributed by atoms with Gasteiger partial charge >= 0.3 is 5.97 Å². The average molecular weight is 296 g/mol. The van der Waals surface area contributed by atoms with E-state index in [0.29, 0.717) is 0 Å². The lowest BCUT2D eigenvalue weighted by atomic mass is 9.86. The molecule has 112 valence electrons. The summed E-state index contributed by atoms with van der Waals surface area (Å²) in [6.45, 7) is 1.08. The van der Waals surface area contributed by atoms with Crippen molar-refractivity contribution in [1.29, 1.82) is 0 Å². The predicted octanol–water partition coefficient (Wildman–Crippen LogP) is -1.92.